The summed E-state index contributed by atoms with van der Waals surface area (Å²) in [6, 6.07) is 5.52. The predicted molar refractivity (Wildman–Crippen MR) is 82.4 cm³/mol. The van der Waals surface area contributed by atoms with Gasteiger partial charge < -0.3 is 0 Å². The molecule has 116 valence electrons. The van der Waals surface area contributed by atoms with E-state index in [1.165, 1.54) is 24.2 Å². The van der Waals surface area contributed by atoms with Crippen molar-refractivity contribution in [3.05, 3.63) is 46.1 Å². The molecule has 0 atom stereocenters. The lowest BCUT2D eigenvalue weighted by Crippen LogP contribution is -2.48. The second-order valence-corrected chi connectivity index (χ2v) is 6.41. The summed E-state index contributed by atoms with van der Waals surface area (Å²) >= 11 is 0. The van der Waals surface area contributed by atoms with Crippen LogP contribution in [0.4, 0.5) is 0 Å². The number of rotatable bonds is 4. The molecule has 1 fully saturated rings. The van der Waals surface area contributed by atoms with Gasteiger partial charge in [0.1, 0.15) is 0 Å². The van der Waals surface area contributed by atoms with Crippen LogP contribution in [-0.4, -0.2) is 37.6 Å². The van der Waals surface area contributed by atoms with E-state index in [1.807, 2.05) is 0 Å². The first-order valence-electron chi connectivity index (χ1n) is 8.08. The minimum Gasteiger partial charge on any atom is -0.297 e. The summed E-state index contributed by atoms with van der Waals surface area (Å²) in [6.45, 7) is 4.75. The van der Waals surface area contributed by atoms with Crippen LogP contribution in [0.5, 0.6) is 0 Å². The average Bonchev–Trinajstić information content (AvgIpc) is 2.89. The highest BCUT2D eigenvalue weighted by atomic mass is 16.1. The van der Waals surface area contributed by atoms with Gasteiger partial charge in [0.15, 0.2) is 0 Å². The maximum Gasteiger partial charge on any atom is 0.266 e. The van der Waals surface area contributed by atoms with Gasteiger partial charge in [-0.2, -0.15) is 10.2 Å². The van der Waals surface area contributed by atoms with Crippen LogP contribution in [0.3, 0.4) is 0 Å². The van der Waals surface area contributed by atoms with Gasteiger partial charge >= 0.3 is 0 Å². The Labute approximate surface area is 129 Å². The Bertz CT molecular complexity index is 690. The quantitative estimate of drug-likeness (QED) is 0.842. The van der Waals surface area contributed by atoms with Gasteiger partial charge in [-0.3, -0.25) is 14.4 Å². The zero-order valence-electron chi connectivity index (χ0n) is 12.7. The van der Waals surface area contributed by atoms with E-state index in [-0.39, 0.29) is 5.56 Å². The molecule has 2 aliphatic rings. The van der Waals surface area contributed by atoms with Crippen molar-refractivity contribution in [2.24, 2.45) is 5.92 Å². The molecule has 0 radical (unpaired) electrons. The molecule has 4 heterocycles. The zero-order chi connectivity index (χ0) is 14.9. The van der Waals surface area contributed by atoms with E-state index < -0.39 is 0 Å². The summed E-state index contributed by atoms with van der Waals surface area (Å²) in [6.07, 6.45) is 5.38. The molecule has 0 bridgehead atoms. The lowest BCUT2D eigenvalue weighted by molar-refractivity contribution is 0.0752. The lowest BCUT2D eigenvalue weighted by atomic mass is 10.00. The fourth-order valence-corrected chi connectivity index (χ4v) is 3.47. The summed E-state index contributed by atoms with van der Waals surface area (Å²) in [5.41, 5.74) is 2.56. The Kier molecular flexibility index (Phi) is 3.54. The highest BCUT2D eigenvalue weighted by molar-refractivity contribution is 5.12. The average molecular weight is 299 g/mol. The third kappa shape index (κ3) is 2.70. The van der Waals surface area contributed by atoms with Gasteiger partial charge in [0.05, 0.1) is 12.2 Å². The molecule has 1 saturated heterocycles. The van der Waals surface area contributed by atoms with Gasteiger partial charge in [-0.15, -0.1) is 0 Å². The van der Waals surface area contributed by atoms with Crippen LogP contribution in [0.2, 0.25) is 0 Å². The number of fused-ring (bicyclic) bond motifs is 1. The van der Waals surface area contributed by atoms with Crippen molar-refractivity contribution in [3.8, 4) is 0 Å². The summed E-state index contributed by atoms with van der Waals surface area (Å²) < 4.78 is 3.74. The minimum absolute atomic E-state index is 0.0114. The van der Waals surface area contributed by atoms with E-state index in [0.717, 1.165) is 39.1 Å². The van der Waals surface area contributed by atoms with Gasteiger partial charge in [-0.25, -0.2) is 4.68 Å². The van der Waals surface area contributed by atoms with Crippen molar-refractivity contribution < 1.29 is 0 Å². The van der Waals surface area contributed by atoms with Gasteiger partial charge in [0.2, 0.25) is 0 Å². The van der Waals surface area contributed by atoms with E-state index in [4.69, 9.17) is 5.10 Å². The molecule has 0 spiro atoms. The summed E-state index contributed by atoms with van der Waals surface area (Å²) in [4.78, 5) is 14.0. The Hall–Kier alpha value is -1.95. The second kappa shape index (κ2) is 5.68. The molecule has 2 aromatic rings. The monoisotopic (exact) mass is 299 g/mol. The maximum absolute atomic E-state index is 11.7. The molecule has 2 aromatic heterocycles. The molecule has 2 aliphatic heterocycles. The highest BCUT2D eigenvalue weighted by Gasteiger charge is 2.28. The number of aromatic nitrogens is 4. The Morgan fingerprint density at radius 2 is 2.18 bits per heavy atom. The minimum atomic E-state index is -0.0114. The molecule has 6 nitrogen and oxygen atoms in total. The molecule has 6 heteroatoms. The molecular weight excluding hydrogens is 278 g/mol. The Morgan fingerprint density at radius 3 is 3.00 bits per heavy atom. The first kappa shape index (κ1) is 13.7. The SMILES string of the molecule is O=c1cccnn1CC1CN(Cc2cc3n(n2)CCCC3)C1. The van der Waals surface area contributed by atoms with Gasteiger partial charge in [0, 0.05) is 50.1 Å². The largest absolute Gasteiger partial charge is 0.297 e. The van der Waals surface area contributed by atoms with Crippen molar-refractivity contribution in [2.45, 2.75) is 38.9 Å². The maximum atomic E-state index is 11.7. The molecule has 0 unspecified atom stereocenters. The van der Waals surface area contributed by atoms with Crippen molar-refractivity contribution in [3.63, 3.8) is 0 Å². The third-order valence-corrected chi connectivity index (χ3v) is 4.60. The number of likely N-dealkylation sites (tertiary alicyclic amines) is 1. The summed E-state index contributed by atoms with van der Waals surface area (Å²) in [7, 11) is 0. The van der Waals surface area contributed by atoms with Crippen LogP contribution in [-0.2, 0) is 26.1 Å². The first-order chi connectivity index (χ1) is 10.8. The summed E-state index contributed by atoms with van der Waals surface area (Å²) in [5.74, 6) is 0.518. The van der Waals surface area contributed by atoms with Crippen LogP contribution in [0.25, 0.3) is 0 Å². The van der Waals surface area contributed by atoms with Crippen molar-refractivity contribution in [1.29, 1.82) is 0 Å². The molecule has 0 aliphatic carbocycles. The molecule has 0 aromatic carbocycles. The summed E-state index contributed by atoms with van der Waals surface area (Å²) in [5, 5.41) is 8.83. The van der Waals surface area contributed by atoms with Crippen molar-refractivity contribution in [2.75, 3.05) is 13.1 Å². The van der Waals surface area contributed by atoms with E-state index in [1.54, 1.807) is 23.0 Å². The smallest absolute Gasteiger partial charge is 0.266 e. The predicted octanol–water partition coefficient (Wildman–Crippen LogP) is 0.908. The zero-order valence-corrected chi connectivity index (χ0v) is 12.7. The van der Waals surface area contributed by atoms with Crippen LogP contribution < -0.4 is 5.56 Å². The van der Waals surface area contributed by atoms with Crippen LogP contribution in [0.15, 0.2) is 29.2 Å². The normalized spacial score (nSPS) is 18.9. The number of nitrogens with zero attached hydrogens (tertiary/aromatic N) is 5. The van der Waals surface area contributed by atoms with Gasteiger partial charge in [-0.1, -0.05) is 0 Å². The Balaban J connectivity index is 1.31. The molecule has 0 N–H and O–H groups in total. The third-order valence-electron chi connectivity index (χ3n) is 4.60. The topological polar surface area (TPSA) is 56.0 Å². The first-order valence-corrected chi connectivity index (χ1v) is 8.08. The molecular formula is C16H21N5O. The molecule has 22 heavy (non-hydrogen) atoms. The van der Waals surface area contributed by atoms with Gasteiger partial charge in [-0.05, 0) is 31.4 Å². The molecule has 0 amide bonds. The number of aryl methyl sites for hydroxylation is 2. The molecule has 4 rings (SSSR count). The molecule has 0 saturated carbocycles. The van der Waals surface area contributed by atoms with E-state index >= 15 is 0 Å². The van der Waals surface area contributed by atoms with E-state index in [0.29, 0.717) is 5.92 Å². The lowest BCUT2D eigenvalue weighted by Gasteiger charge is -2.38. The highest BCUT2D eigenvalue weighted by Crippen LogP contribution is 2.21. The fourth-order valence-electron chi connectivity index (χ4n) is 3.47. The van der Waals surface area contributed by atoms with E-state index in [9.17, 15) is 4.79 Å². The number of hydrogen-bond acceptors (Lipinski definition) is 4. The van der Waals surface area contributed by atoms with Crippen molar-refractivity contribution >= 4 is 0 Å². The van der Waals surface area contributed by atoms with Crippen LogP contribution in [0, 0.1) is 5.92 Å². The van der Waals surface area contributed by atoms with E-state index in [2.05, 4.69) is 20.7 Å². The van der Waals surface area contributed by atoms with Crippen LogP contribution in [0.1, 0.15) is 24.2 Å². The van der Waals surface area contributed by atoms with Crippen molar-refractivity contribution in [1.82, 2.24) is 24.5 Å². The number of hydrogen-bond donors (Lipinski definition) is 0. The van der Waals surface area contributed by atoms with Gasteiger partial charge in [0.25, 0.3) is 5.56 Å². The second-order valence-electron chi connectivity index (χ2n) is 6.41. The fraction of sp³-hybridized carbons (Fsp3) is 0.562. The van der Waals surface area contributed by atoms with Crippen LogP contribution >= 0.6 is 0 Å². The standard InChI is InChI=1S/C16H21N5O/c22-16-5-3-6-17-21(16)11-13-9-19(10-13)12-14-8-15-4-1-2-7-20(15)18-14/h3,5-6,8,13H,1-2,4,7,9-12H2. The Morgan fingerprint density at radius 1 is 1.27 bits per heavy atom.